The van der Waals surface area contributed by atoms with Crippen molar-refractivity contribution < 1.29 is 28.8 Å². The van der Waals surface area contributed by atoms with Crippen molar-refractivity contribution in [2.45, 2.75) is 19.3 Å². The monoisotopic (exact) mass is 344 g/mol. The average Bonchev–Trinajstić information content (AvgIpc) is 3.14. The first kappa shape index (κ1) is 17.3. The molecule has 1 N–H and O–H groups in total. The first-order valence-electron chi connectivity index (χ1n) is 7.99. The van der Waals surface area contributed by atoms with Crippen molar-refractivity contribution >= 4 is 5.97 Å². The summed E-state index contributed by atoms with van der Waals surface area (Å²) in [6.07, 6.45) is -0.546. The lowest BCUT2D eigenvalue weighted by molar-refractivity contribution is -0.136. The summed E-state index contributed by atoms with van der Waals surface area (Å²) in [6.45, 7) is 1.40. The maximum Gasteiger partial charge on any atom is 0.307 e. The number of ether oxygens (including phenoxy) is 4. The van der Waals surface area contributed by atoms with Crippen LogP contribution in [-0.2, 0) is 27.3 Å². The molecule has 25 heavy (non-hydrogen) atoms. The van der Waals surface area contributed by atoms with Crippen LogP contribution in [0.5, 0.6) is 11.5 Å². The van der Waals surface area contributed by atoms with Gasteiger partial charge in [0.2, 0.25) is 0 Å². The van der Waals surface area contributed by atoms with E-state index in [0.717, 1.165) is 16.9 Å². The molecule has 0 radical (unpaired) electrons. The van der Waals surface area contributed by atoms with Gasteiger partial charge >= 0.3 is 5.97 Å². The number of rotatable bonds is 7. The fraction of sp³-hybridized carbons (Fsp3) is 0.316. The zero-order valence-electron chi connectivity index (χ0n) is 13.9. The predicted octanol–water partition coefficient (Wildman–Crippen LogP) is 2.95. The Hall–Kier alpha value is -2.57. The minimum absolute atomic E-state index is 0.0639. The van der Waals surface area contributed by atoms with E-state index in [1.165, 1.54) is 0 Å². The van der Waals surface area contributed by atoms with Crippen LogP contribution in [0.2, 0.25) is 0 Å². The largest absolute Gasteiger partial charge is 0.497 e. The van der Waals surface area contributed by atoms with E-state index < -0.39 is 12.3 Å². The van der Waals surface area contributed by atoms with E-state index in [1.807, 2.05) is 24.3 Å². The number of carboxylic acid groups (broad SMARTS) is 1. The van der Waals surface area contributed by atoms with Gasteiger partial charge in [-0.05, 0) is 35.4 Å². The number of aliphatic carboxylic acids is 1. The number of methoxy groups -OCH3 is 1. The van der Waals surface area contributed by atoms with Gasteiger partial charge in [-0.3, -0.25) is 4.79 Å². The van der Waals surface area contributed by atoms with Crippen molar-refractivity contribution in [3.63, 3.8) is 0 Å². The second kappa shape index (κ2) is 8.00. The molecule has 132 valence electrons. The summed E-state index contributed by atoms with van der Waals surface area (Å²) in [7, 11) is 1.62. The highest BCUT2D eigenvalue weighted by atomic mass is 16.7. The van der Waals surface area contributed by atoms with E-state index in [1.54, 1.807) is 25.3 Å². The molecule has 0 bridgehead atoms. The maximum atomic E-state index is 11.0. The van der Waals surface area contributed by atoms with Crippen LogP contribution in [0, 0.1) is 0 Å². The average molecular weight is 344 g/mol. The molecule has 6 nitrogen and oxygen atoms in total. The maximum absolute atomic E-state index is 11.0. The number of carboxylic acids is 1. The summed E-state index contributed by atoms with van der Waals surface area (Å²) in [5.74, 6) is 0.462. The summed E-state index contributed by atoms with van der Waals surface area (Å²) >= 11 is 0. The lowest BCUT2D eigenvalue weighted by atomic mass is 10.1. The highest BCUT2D eigenvalue weighted by Crippen LogP contribution is 2.33. The third kappa shape index (κ3) is 4.49. The molecule has 0 unspecified atom stereocenters. The number of hydrogen-bond donors (Lipinski definition) is 1. The normalized spacial score (nSPS) is 14.4. The van der Waals surface area contributed by atoms with Crippen molar-refractivity contribution in [1.29, 1.82) is 0 Å². The first-order chi connectivity index (χ1) is 12.2. The smallest absolute Gasteiger partial charge is 0.307 e. The van der Waals surface area contributed by atoms with Gasteiger partial charge in [0, 0.05) is 5.56 Å². The molecule has 3 rings (SSSR count). The third-order valence-corrected chi connectivity index (χ3v) is 3.86. The molecule has 1 aliphatic rings. The molecule has 6 heteroatoms. The number of hydrogen-bond acceptors (Lipinski definition) is 5. The van der Waals surface area contributed by atoms with Crippen LogP contribution in [0.3, 0.4) is 0 Å². The van der Waals surface area contributed by atoms with Crippen LogP contribution < -0.4 is 9.47 Å². The fourth-order valence-corrected chi connectivity index (χ4v) is 2.60. The van der Waals surface area contributed by atoms with Crippen LogP contribution in [0.4, 0.5) is 0 Å². The Kier molecular flexibility index (Phi) is 5.53. The van der Waals surface area contributed by atoms with E-state index >= 15 is 0 Å². The van der Waals surface area contributed by atoms with E-state index in [4.69, 9.17) is 24.1 Å². The van der Waals surface area contributed by atoms with Crippen molar-refractivity contribution in [1.82, 2.24) is 0 Å². The lowest BCUT2D eigenvalue weighted by Crippen LogP contribution is -2.06. The van der Waals surface area contributed by atoms with Crippen molar-refractivity contribution in [2.75, 3.05) is 20.3 Å². The summed E-state index contributed by atoms with van der Waals surface area (Å²) in [5, 5.41) is 8.99. The van der Waals surface area contributed by atoms with Crippen molar-refractivity contribution in [3.05, 3.63) is 59.2 Å². The van der Waals surface area contributed by atoms with Crippen molar-refractivity contribution in [3.8, 4) is 11.5 Å². The molecule has 0 aliphatic carbocycles. The standard InChI is InChI=1S/C19H20O6/c1-22-15-5-2-13(3-6-15)12-25-17-10-14(11-18(20)21)4-7-16(17)19-23-8-9-24-19/h2-7,10,19H,8-9,11-12H2,1H3,(H,20,21). The van der Waals surface area contributed by atoms with Crippen LogP contribution in [-0.4, -0.2) is 31.4 Å². The molecule has 2 aromatic carbocycles. The van der Waals surface area contributed by atoms with E-state index in [2.05, 4.69) is 0 Å². The van der Waals surface area contributed by atoms with Crippen molar-refractivity contribution in [2.24, 2.45) is 0 Å². The summed E-state index contributed by atoms with van der Waals surface area (Å²) < 4.78 is 22.2. The van der Waals surface area contributed by atoms with Gasteiger partial charge in [0.05, 0.1) is 26.7 Å². The fourth-order valence-electron chi connectivity index (χ4n) is 2.60. The van der Waals surface area contributed by atoms with Gasteiger partial charge in [-0.1, -0.05) is 18.2 Å². The second-order valence-corrected chi connectivity index (χ2v) is 5.65. The van der Waals surface area contributed by atoms with E-state index in [0.29, 0.717) is 31.1 Å². The molecular formula is C19H20O6. The van der Waals surface area contributed by atoms with Gasteiger partial charge in [-0.2, -0.15) is 0 Å². The van der Waals surface area contributed by atoms with Gasteiger partial charge in [0.25, 0.3) is 0 Å². The SMILES string of the molecule is COc1ccc(COc2cc(CC(=O)O)ccc2C2OCCO2)cc1. The molecule has 0 spiro atoms. The van der Waals surface area contributed by atoms with Crippen LogP contribution in [0.25, 0.3) is 0 Å². The molecule has 1 fully saturated rings. The Bertz CT molecular complexity index is 719. The van der Waals surface area contributed by atoms with Gasteiger partial charge < -0.3 is 24.1 Å². The van der Waals surface area contributed by atoms with E-state index in [-0.39, 0.29) is 6.42 Å². The number of carbonyl (C=O) groups is 1. The number of benzene rings is 2. The Morgan fingerprint density at radius 2 is 1.80 bits per heavy atom. The highest BCUT2D eigenvalue weighted by Gasteiger charge is 2.23. The van der Waals surface area contributed by atoms with Gasteiger partial charge in [-0.15, -0.1) is 0 Å². The molecule has 2 aromatic rings. The van der Waals surface area contributed by atoms with Crippen LogP contribution >= 0.6 is 0 Å². The van der Waals surface area contributed by atoms with Crippen LogP contribution in [0.15, 0.2) is 42.5 Å². The summed E-state index contributed by atoms with van der Waals surface area (Å²) in [6, 6.07) is 12.9. The minimum atomic E-state index is -0.887. The molecule has 0 atom stereocenters. The Morgan fingerprint density at radius 3 is 2.44 bits per heavy atom. The van der Waals surface area contributed by atoms with Gasteiger partial charge in [-0.25, -0.2) is 0 Å². The zero-order chi connectivity index (χ0) is 17.6. The summed E-state index contributed by atoms with van der Waals surface area (Å²) in [4.78, 5) is 11.0. The molecule has 0 saturated carbocycles. The predicted molar refractivity (Wildman–Crippen MR) is 89.8 cm³/mol. The minimum Gasteiger partial charge on any atom is -0.497 e. The Labute approximate surface area is 145 Å². The molecule has 1 aliphatic heterocycles. The van der Waals surface area contributed by atoms with Crippen LogP contribution in [0.1, 0.15) is 23.0 Å². The van der Waals surface area contributed by atoms with Gasteiger partial charge in [0.1, 0.15) is 18.1 Å². The lowest BCUT2D eigenvalue weighted by Gasteiger charge is -2.17. The third-order valence-electron chi connectivity index (χ3n) is 3.86. The Balaban J connectivity index is 1.78. The summed E-state index contributed by atoms with van der Waals surface area (Å²) in [5.41, 5.74) is 2.41. The Morgan fingerprint density at radius 1 is 1.12 bits per heavy atom. The quantitative estimate of drug-likeness (QED) is 0.832. The molecule has 0 amide bonds. The van der Waals surface area contributed by atoms with E-state index in [9.17, 15) is 4.79 Å². The van der Waals surface area contributed by atoms with Gasteiger partial charge in [0.15, 0.2) is 6.29 Å². The molecule has 1 heterocycles. The topological polar surface area (TPSA) is 74.2 Å². The molecule has 0 aromatic heterocycles. The zero-order valence-corrected chi connectivity index (χ0v) is 13.9. The highest BCUT2D eigenvalue weighted by molar-refractivity contribution is 5.70. The molecular weight excluding hydrogens is 324 g/mol. The second-order valence-electron chi connectivity index (χ2n) is 5.65. The molecule has 1 saturated heterocycles. The first-order valence-corrected chi connectivity index (χ1v) is 7.99.